The third-order valence-corrected chi connectivity index (χ3v) is 7.92. The van der Waals surface area contributed by atoms with Crippen molar-refractivity contribution in [3.8, 4) is 0 Å². The van der Waals surface area contributed by atoms with Gasteiger partial charge in [-0.15, -0.1) is 0 Å². The van der Waals surface area contributed by atoms with Crippen molar-refractivity contribution in [1.29, 1.82) is 0 Å². The second-order valence-corrected chi connectivity index (χ2v) is 12.8. The van der Waals surface area contributed by atoms with Gasteiger partial charge in [-0.3, -0.25) is 33.7 Å². The van der Waals surface area contributed by atoms with Crippen molar-refractivity contribution < 1.29 is 57.2 Å². The van der Waals surface area contributed by atoms with E-state index in [1.54, 1.807) is 52.2 Å². The molecule has 0 bridgehead atoms. The summed E-state index contributed by atoms with van der Waals surface area (Å²) >= 11 is 0. The van der Waals surface area contributed by atoms with Gasteiger partial charge in [0.25, 0.3) is 11.8 Å². The lowest BCUT2D eigenvalue weighted by Gasteiger charge is -2.21. The monoisotopic (exact) mass is 791 g/mol. The summed E-state index contributed by atoms with van der Waals surface area (Å²) in [7, 11) is 3.45. The molecular formula is C37H57N7O12. The topological polar surface area (TPSA) is 232 Å². The highest BCUT2D eigenvalue weighted by Crippen LogP contribution is 2.11. The normalized spacial score (nSPS) is 12.8. The molecule has 19 nitrogen and oxygen atoms in total. The molecule has 1 aliphatic heterocycles. The van der Waals surface area contributed by atoms with Crippen LogP contribution in [0, 0.1) is 5.92 Å². The first-order valence-electron chi connectivity index (χ1n) is 18.5. The second-order valence-electron chi connectivity index (χ2n) is 12.8. The Morgan fingerprint density at radius 2 is 1.32 bits per heavy atom. The van der Waals surface area contributed by atoms with Gasteiger partial charge in [-0.25, -0.2) is 4.79 Å². The third-order valence-electron chi connectivity index (χ3n) is 7.92. The van der Waals surface area contributed by atoms with E-state index in [1.165, 1.54) is 17.1 Å². The van der Waals surface area contributed by atoms with Crippen molar-refractivity contribution in [3.63, 3.8) is 0 Å². The first-order chi connectivity index (χ1) is 26.9. The fourth-order valence-electron chi connectivity index (χ4n) is 4.72. The second kappa shape index (κ2) is 27.6. The highest BCUT2D eigenvalue weighted by atomic mass is 16.6. The lowest BCUT2D eigenvalue weighted by Crippen LogP contribution is -2.51. The van der Waals surface area contributed by atoms with Gasteiger partial charge in [-0.2, -0.15) is 0 Å². The molecule has 0 radical (unpaired) electrons. The number of hydrogen-bond acceptors (Lipinski definition) is 13. The van der Waals surface area contributed by atoms with E-state index in [4.69, 9.17) is 23.7 Å². The zero-order valence-corrected chi connectivity index (χ0v) is 32.7. The van der Waals surface area contributed by atoms with Crippen LogP contribution in [0.3, 0.4) is 0 Å². The number of nitrogens with one attached hydrogen (secondary N) is 5. The van der Waals surface area contributed by atoms with Gasteiger partial charge in [0.05, 0.1) is 59.4 Å². The Balaban J connectivity index is 1.46. The Morgan fingerprint density at radius 1 is 0.732 bits per heavy atom. The van der Waals surface area contributed by atoms with E-state index in [2.05, 4.69) is 26.6 Å². The van der Waals surface area contributed by atoms with Gasteiger partial charge in [0.1, 0.15) is 12.6 Å². The van der Waals surface area contributed by atoms with Crippen LogP contribution in [-0.4, -0.2) is 157 Å². The number of rotatable bonds is 29. The largest absolute Gasteiger partial charge is 0.445 e. The maximum atomic E-state index is 12.8. The van der Waals surface area contributed by atoms with Crippen LogP contribution in [0.25, 0.3) is 0 Å². The number of amides is 7. The maximum absolute atomic E-state index is 12.8. The predicted octanol–water partition coefficient (Wildman–Crippen LogP) is -0.442. The van der Waals surface area contributed by atoms with Crippen LogP contribution in [-0.2, 0) is 59.1 Å². The molecular weight excluding hydrogens is 734 g/mol. The molecule has 0 unspecified atom stereocenters. The molecule has 0 fully saturated rings. The SMILES string of the molecule is CNCCN(C)C(=O)OCc1ccc(NC(=O)CNC(=O)[C@@H](NC(=O)CCOCCOCCOCCOCCNC(=O)CCN2C(=O)C=CC2=O)C(C)C)cc1. The fraction of sp³-hybridized carbons (Fsp3) is 0.595. The average Bonchev–Trinajstić information content (AvgIpc) is 3.50. The van der Waals surface area contributed by atoms with Crippen LogP contribution in [0.1, 0.15) is 32.3 Å². The van der Waals surface area contributed by atoms with Crippen molar-refractivity contribution in [2.45, 2.75) is 39.3 Å². The Kier molecular flexibility index (Phi) is 23.3. The van der Waals surface area contributed by atoms with Crippen LogP contribution < -0.4 is 26.6 Å². The molecule has 1 aliphatic rings. The van der Waals surface area contributed by atoms with Gasteiger partial charge in [0.15, 0.2) is 0 Å². The zero-order chi connectivity index (χ0) is 41.1. The Bertz CT molecular complexity index is 1420. The van der Waals surface area contributed by atoms with Crippen molar-refractivity contribution in [3.05, 3.63) is 42.0 Å². The van der Waals surface area contributed by atoms with E-state index < -0.39 is 35.8 Å². The molecule has 1 aromatic rings. The maximum Gasteiger partial charge on any atom is 0.409 e. The molecule has 0 saturated carbocycles. The molecule has 56 heavy (non-hydrogen) atoms. The van der Waals surface area contributed by atoms with Crippen LogP contribution in [0.5, 0.6) is 0 Å². The highest BCUT2D eigenvalue weighted by molar-refractivity contribution is 6.13. The van der Waals surface area contributed by atoms with Crippen LogP contribution in [0.4, 0.5) is 10.5 Å². The Morgan fingerprint density at radius 3 is 1.91 bits per heavy atom. The molecule has 1 heterocycles. The van der Waals surface area contributed by atoms with Crippen molar-refractivity contribution >= 4 is 47.2 Å². The van der Waals surface area contributed by atoms with Crippen LogP contribution in [0.15, 0.2) is 36.4 Å². The van der Waals surface area contributed by atoms with E-state index >= 15 is 0 Å². The third kappa shape index (κ3) is 20.1. The number of imide groups is 1. The number of nitrogens with zero attached hydrogens (tertiary/aromatic N) is 2. The lowest BCUT2D eigenvalue weighted by molar-refractivity contribution is -0.137. The smallest absolute Gasteiger partial charge is 0.409 e. The summed E-state index contributed by atoms with van der Waals surface area (Å²) in [6, 6.07) is 5.92. The minimum Gasteiger partial charge on any atom is -0.445 e. The molecule has 312 valence electrons. The summed E-state index contributed by atoms with van der Waals surface area (Å²) in [6.45, 7) is 7.14. The van der Waals surface area contributed by atoms with Gasteiger partial charge < -0.3 is 55.2 Å². The molecule has 0 saturated heterocycles. The molecule has 19 heteroatoms. The first kappa shape index (κ1) is 47.2. The van der Waals surface area contributed by atoms with Gasteiger partial charge in [-0.05, 0) is 30.7 Å². The van der Waals surface area contributed by atoms with E-state index in [1.807, 2.05) is 0 Å². The van der Waals surface area contributed by atoms with E-state index in [0.29, 0.717) is 51.8 Å². The van der Waals surface area contributed by atoms with E-state index in [0.717, 1.165) is 10.5 Å². The van der Waals surface area contributed by atoms with Gasteiger partial charge in [0, 0.05) is 63.9 Å². The average molecular weight is 792 g/mol. The lowest BCUT2D eigenvalue weighted by atomic mass is 10.0. The molecule has 0 aliphatic carbocycles. The first-order valence-corrected chi connectivity index (χ1v) is 18.5. The number of likely N-dealkylation sites (N-methyl/N-ethyl adjacent to an activating group) is 2. The molecule has 2 rings (SSSR count). The fourth-order valence-corrected chi connectivity index (χ4v) is 4.72. The molecule has 1 atom stereocenters. The summed E-state index contributed by atoms with van der Waals surface area (Å²) in [5.74, 6) is -2.68. The van der Waals surface area contributed by atoms with E-state index in [9.17, 15) is 33.6 Å². The number of hydrogen-bond donors (Lipinski definition) is 5. The number of ether oxygens (including phenoxy) is 5. The summed E-state index contributed by atoms with van der Waals surface area (Å²) in [6.07, 6.45) is 1.96. The summed E-state index contributed by atoms with van der Waals surface area (Å²) in [4.78, 5) is 87.1. The Hall–Kier alpha value is -4.95. The molecule has 0 spiro atoms. The standard InChI is InChI=1S/C37H57N7O12/c1-27(2)35(36(50)40-25-32(47)41-29-7-5-28(6-8-29)26-56-37(51)43(4)16-13-38-3)42-31(46)12-17-52-19-21-54-23-24-55-22-20-53-18-14-39-30(45)11-15-44-33(48)9-10-34(44)49/h5-10,27,35,38H,11-26H2,1-4H3,(H,39,45)(H,40,50)(H,41,47)(H,42,46)/t35-/m0/s1. The number of carbonyl (C=O) groups excluding carboxylic acids is 7. The summed E-state index contributed by atoms with van der Waals surface area (Å²) in [5, 5.41) is 13.6. The molecule has 7 amide bonds. The predicted molar refractivity (Wildman–Crippen MR) is 203 cm³/mol. The summed E-state index contributed by atoms with van der Waals surface area (Å²) < 4.78 is 27.0. The quantitative estimate of drug-likeness (QED) is 0.0513. The Labute approximate surface area is 327 Å². The summed E-state index contributed by atoms with van der Waals surface area (Å²) in [5.41, 5.74) is 1.25. The molecule has 1 aromatic carbocycles. The van der Waals surface area contributed by atoms with E-state index in [-0.39, 0.29) is 76.6 Å². The number of benzene rings is 1. The van der Waals surface area contributed by atoms with Crippen molar-refractivity contribution in [2.75, 3.05) is 105 Å². The minimum atomic E-state index is -0.847. The minimum absolute atomic E-state index is 0.0200. The molecule has 0 aromatic heterocycles. The highest BCUT2D eigenvalue weighted by Gasteiger charge is 2.25. The molecule has 5 N–H and O–H groups in total. The van der Waals surface area contributed by atoms with Crippen molar-refractivity contribution in [2.24, 2.45) is 5.92 Å². The number of carbonyl (C=O) groups is 7. The van der Waals surface area contributed by atoms with Gasteiger partial charge in [-0.1, -0.05) is 26.0 Å². The van der Waals surface area contributed by atoms with Crippen molar-refractivity contribution in [1.82, 2.24) is 31.1 Å². The van der Waals surface area contributed by atoms with Gasteiger partial charge in [0.2, 0.25) is 23.6 Å². The van der Waals surface area contributed by atoms with Crippen LogP contribution >= 0.6 is 0 Å². The van der Waals surface area contributed by atoms with Crippen LogP contribution in [0.2, 0.25) is 0 Å². The van der Waals surface area contributed by atoms with Gasteiger partial charge >= 0.3 is 6.09 Å². The number of anilines is 1. The zero-order valence-electron chi connectivity index (χ0n) is 32.7.